The first kappa shape index (κ1) is 26.9. The normalized spacial score (nSPS) is 14.9. The standard InChI is InChI=1S/C28H38N2O4S/c1-4-34-23-13-11-21(12-14-23)9-10-22-15-18-30(19-16-22)28(32)25(17-20-35-3)29-27(31)24-7-5-6-8-26(24)33-2/h5-8,11-14,22,25H,4,9-10,15-20H2,1-3H3,(H,29,31). The Morgan fingerprint density at radius 2 is 1.83 bits per heavy atom. The van der Waals surface area contributed by atoms with Gasteiger partial charge < -0.3 is 19.7 Å². The van der Waals surface area contributed by atoms with Gasteiger partial charge in [-0.25, -0.2) is 0 Å². The average Bonchev–Trinajstić information content (AvgIpc) is 2.90. The van der Waals surface area contributed by atoms with E-state index in [-0.39, 0.29) is 11.8 Å². The molecule has 1 aliphatic rings. The molecule has 3 rings (SSSR count). The van der Waals surface area contributed by atoms with Crippen LogP contribution in [0.2, 0.25) is 0 Å². The molecule has 190 valence electrons. The number of methoxy groups -OCH3 is 1. The van der Waals surface area contributed by atoms with Crippen molar-refractivity contribution in [2.75, 3.05) is 38.8 Å². The molecule has 1 fully saturated rings. The van der Waals surface area contributed by atoms with Crippen molar-refractivity contribution in [1.82, 2.24) is 10.2 Å². The molecule has 2 aromatic rings. The number of hydrogen-bond donors (Lipinski definition) is 1. The topological polar surface area (TPSA) is 67.9 Å². The highest BCUT2D eigenvalue weighted by atomic mass is 32.2. The number of thioether (sulfide) groups is 1. The Morgan fingerprint density at radius 3 is 2.49 bits per heavy atom. The highest BCUT2D eigenvalue weighted by Gasteiger charge is 2.29. The Morgan fingerprint density at radius 1 is 1.11 bits per heavy atom. The molecule has 1 aliphatic heterocycles. The van der Waals surface area contributed by atoms with Crippen molar-refractivity contribution >= 4 is 23.6 Å². The summed E-state index contributed by atoms with van der Waals surface area (Å²) in [4.78, 5) is 28.2. The van der Waals surface area contributed by atoms with E-state index in [1.807, 2.05) is 36.3 Å². The zero-order valence-electron chi connectivity index (χ0n) is 21.1. The van der Waals surface area contributed by atoms with Crippen molar-refractivity contribution < 1.29 is 19.1 Å². The van der Waals surface area contributed by atoms with Crippen LogP contribution in [-0.4, -0.2) is 61.6 Å². The van der Waals surface area contributed by atoms with Crippen LogP contribution in [0.15, 0.2) is 48.5 Å². The van der Waals surface area contributed by atoms with Crippen LogP contribution in [0, 0.1) is 5.92 Å². The molecule has 0 aliphatic carbocycles. The molecular weight excluding hydrogens is 460 g/mol. The second-order valence-corrected chi connectivity index (χ2v) is 9.88. The number of ether oxygens (including phenoxy) is 2. The van der Waals surface area contributed by atoms with Crippen molar-refractivity contribution in [2.45, 2.75) is 45.1 Å². The first-order chi connectivity index (χ1) is 17.0. The van der Waals surface area contributed by atoms with Crippen LogP contribution in [0.25, 0.3) is 0 Å². The molecule has 0 bridgehead atoms. The number of aryl methyl sites for hydroxylation is 1. The predicted octanol–water partition coefficient (Wildman–Crippen LogP) is 4.82. The second-order valence-electron chi connectivity index (χ2n) is 8.89. The van der Waals surface area contributed by atoms with Crippen molar-refractivity contribution in [3.05, 3.63) is 59.7 Å². The number of rotatable bonds is 12. The number of nitrogens with one attached hydrogen (secondary N) is 1. The minimum Gasteiger partial charge on any atom is -0.496 e. The molecule has 1 unspecified atom stereocenters. The smallest absolute Gasteiger partial charge is 0.255 e. The first-order valence-corrected chi connectivity index (χ1v) is 13.9. The number of nitrogens with zero attached hydrogens (tertiary/aromatic N) is 1. The Hall–Kier alpha value is -2.67. The van der Waals surface area contributed by atoms with Crippen molar-refractivity contribution in [1.29, 1.82) is 0 Å². The summed E-state index contributed by atoms with van der Waals surface area (Å²) in [5.41, 5.74) is 1.77. The molecule has 6 nitrogen and oxygen atoms in total. The van der Waals surface area contributed by atoms with E-state index in [1.165, 1.54) is 5.56 Å². The van der Waals surface area contributed by atoms with Crippen molar-refractivity contribution in [3.8, 4) is 11.5 Å². The summed E-state index contributed by atoms with van der Waals surface area (Å²) in [5, 5.41) is 2.98. The largest absolute Gasteiger partial charge is 0.496 e. The number of benzene rings is 2. The summed E-state index contributed by atoms with van der Waals surface area (Å²) >= 11 is 1.68. The summed E-state index contributed by atoms with van der Waals surface area (Å²) in [7, 11) is 1.54. The highest BCUT2D eigenvalue weighted by Crippen LogP contribution is 2.24. The molecule has 35 heavy (non-hydrogen) atoms. The first-order valence-electron chi connectivity index (χ1n) is 12.5. The summed E-state index contributed by atoms with van der Waals surface area (Å²) in [6, 6.07) is 14.9. The van der Waals surface area contributed by atoms with Gasteiger partial charge in [-0.3, -0.25) is 9.59 Å². The lowest BCUT2D eigenvalue weighted by atomic mass is 9.90. The third-order valence-corrected chi connectivity index (χ3v) is 7.21. The van der Waals surface area contributed by atoms with Crippen LogP contribution in [0.1, 0.15) is 48.5 Å². The molecule has 2 amide bonds. The maximum atomic E-state index is 13.4. The minimum atomic E-state index is -0.528. The molecule has 1 saturated heterocycles. The van der Waals surface area contributed by atoms with E-state index in [4.69, 9.17) is 9.47 Å². The molecule has 0 saturated carbocycles. The lowest BCUT2D eigenvalue weighted by Gasteiger charge is -2.34. The third kappa shape index (κ3) is 7.92. The zero-order valence-corrected chi connectivity index (χ0v) is 21.9. The Balaban J connectivity index is 1.52. The van der Waals surface area contributed by atoms with Crippen LogP contribution in [-0.2, 0) is 11.2 Å². The predicted molar refractivity (Wildman–Crippen MR) is 142 cm³/mol. The fourth-order valence-corrected chi connectivity index (χ4v) is 4.98. The maximum absolute atomic E-state index is 13.4. The maximum Gasteiger partial charge on any atom is 0.255 e. The average molecular weight is 499 g/mol. The molecule has 1 atom stereocenters. The third-order valence-electron chi connectivity index (χ3n) is 6.57. The van der Waals surface area contributed by atoms with E-state index in [2.05, 4.69) is 17.4 Å². The van der Waals surface area contributed by atoms with Gasteiger partial charge in [-0.15, -0.1) is 0 Å². The number of para-hydroxylation sites is 1. The van der Waals surface area contributed by atoms with E-state index >= 15 is 0 Å². The van der Waals surface area contributed by atoms with E-state index in [1.54, 1.807) is 37.1 Å². The molecule has 0 radical (unpaired) electrons. The van der Waals surface area contributed by atoms with Crippen molar-refractivity contribution in [2.24, 2.45) is 5.92 Å². The van der Waals surface area contributed by atoms with Gasteiger partial charge in [0.15, 0.2) is 0 Å². The Bertz CT molecular complexity index is 942. The van der Waals surface area contributed by atoms with E-state index < -0.39 is 6.04 Å². The van der Waals surface area contributed by atoms with Gasteiger partial charge in [-0.05, 0) is 86.8 Å². The van der Waals surface area contributed by atoms with Crippen LogP contribution in [0.5, 0.6) is 11.5 Å². The van der Waals surface area contributed by atoms with Gasteiger partial charge in [-0.1, -0.05) is 24.3 Å². The molecule has 1 heterocycles. The molecular formula is C28H38N2O4S. The number of hydrogen-bond acceptors (Lipinski definition) is 5. The lowest BCUT2D eigenvalue weighted by Crippen LogP contribution is -2.51. The van der Waals surface area contributed by atoms with Gasteiger partial charge >= 0.3 is 0 Å². The van der Waals surface area contributed by atoms with Gasteiger partial charge in [0.25, 0.3) is 5.91 Å². The highest BCUT2D eigenvalue weighted by molar-refractivity contribution is 7.98. The monoisotopic (exact) mass is 498 g/mol. The van der Waals surface area contributed by atoms with Gasteiger partial charge in [0.05, 0.1) is 19.3 Å². The summed E-state index contributed by atoms with van der Waals surface area (Å²) in [5.74, 6) is 2.59. The fraction of sp³-hybridized carbons (Fsp3) is 0.500. The Kier molecular flexibility index (Phi) is 10.8. The molecule has 1 N–H and O–H groups in total. The van der Waals surface area contributed by atoms with Gasteiger partial charge in [0.2, 0.25) is 5.91 Å². The number of amides is 2. The zero-order chi connectivity index (χ0) is 25.0. The summed E-state index contributed by atoms with van der Waals surface area (Å²) in [6.07, 6.45) is 6.78. The molecule has 0 spiro atoms. The van der Waals surface area contributed by atoms with Crippen LogP contribution < -0.4 is 14.8 Å². The van der Waals surface area contributed by atoms with Crippen LogP contribution in [0.3, 0.4) is 0 Å². The lowest BCUT2D eigenvalue weighted by molar-refractivity contribution is -0.134. The second kappa shape index (κ2) is 14.0. The number of carbonyl (C=O) groups is 2. The minimum absolute atomic E-state index is 0.0206. The van der Waals surface area contributed by atoms with Gasteiger partial charge in [0, 0.05) is 13.1 Å². The van der Waals surface area contributed by atoms with Gasteiger partial charge in [0.1, 0.15) is 17.5 Å². The number of carbonyl (C=O) groups excluding carboxylic acids is 2. The molecule has 0 aromatic heterocycles. The SMILES string of the molecule is CCOc1ccc(CCC2CCN(C(=O)C(CCSC)NC(=O)c3ccccc3OC)CC2)cc1. The summed E-state index contributed by atoms with van der Waals surface area (Å²) in [6.45, 7) is 4.16. The van der Waals surface area contributed by atoms with Crippen molar-refractivity contribution in [3.63, 3.8) is 0 Å². The van der Waals surface area contributed by atoms with E-state index in [0.717, 1.165) is 50.3 Å². The number of likely N-dealkylation sites (tertiary alicyclic amines) is 1. The fourth-order valence-electron chi connectivity index (χ4n) is 4.51. The van der Waals surface area contributed by atoms with E-state index in [0.29, 0.717) is 30.3 Å². The number of piperidine rings is 1. The van der Waals surface area contributed by atoms with Crippen LogP contribution in [0.4, 0.5) is 0 Å². The quantitative estimate of drug-likeness (QED) is 0.455. The van der Waals surface area contributed by atoms with E-state index in [9.17, 15) is 9.59 Å². The Labute approximate surface area is 213 Å². The summed E-state index contributed by atoms with van der Waals surface area (Å²) < 4.78 is 10.8. The molecule has 2 aromatic carbocycles. The molecule has 7 heteroatoms. The van der Waals surface area contributed by atoms with Gasteiger partial charge in [-0.2, -0.15) is 11.8 Å². The van der Waals surface area contributed by atoms with Crippen LogP contribution >= 0.6 is 11.8 Å².